The number of hydrogen-bond acceptors (Lipinski definition) is 3. The third-order valence-corrected chi connectivity index (χ3v) is 6.00. The smallest absolute Gasteiger partial charge is 0.228 e. The van der Waals surface area contributed by atoms with Gasteiger partial charge in [-0.05, 0) is 38.8 Å². The van der Waals surface area contributed by atoms with Crippen molar-refractivity contribution in [2.24, 2.45) is 16.1 Å². The first-order valence-electron chi connectivity index (χ1n) is 4.19. The molecule has 0 aromatic heterocycles. The van der Waals surface area contributed by atoms with E-state index < -0.39 is 4.45 Å². The minimum absolute atomic E-state index is 0.00928. The van der Waals surface area contributed by atoms with E-state index in [1.807, 2.05) is 6.92 Å². The Morgan fingerprint density at radius 1 is 1.47 bits per heavy atom. The molecule has 2 atom stereocenters. The van der Waals surface area contributed by atoms with Crippen molar-refractivity contribution in [2.75, 3.05) is 14.1 Å². The van der Waals surface area contributed by atoms with Gasteiger partial charge in [-0.25, -0.2) is 0 Å². The van der Waals surface area contributed by atoms with Gasteiger partial charge in [0, 0.05) is 14.1 Å². The van der Waals surface area contributed by atoms with Gasteiger partial charge < -0.3 is 4.90 Å². The van der Waals surface area contributed by atoms with Gasteiger partial charge in [0.2, 0.25) is 5.91 Å². The van der Waals surface area contributed by atoms with Gasteiger partial charge in [-0.2, -0.15) is 5.11 Å². The molecule has 0 aliphatic carbocycles. The van der Waals surface area contributed by atoms with Crippen LogP contribution in [0.25, 0.3) is 0 Å². The van der Waals surface area contributed by atoms with Crippen LogP contribution in [0.3, 0.4) is 0 Å². The van der Waals surface area contributed by atoms with E-state index in [2.05, 4.69) is 58.0 Å². The molecule has 1 rings (SSSR count). The number of rotatable bonds is 2. The van der Waals surface area contributed by atoms with Crippen LogP contribution in [-0.2, 0) is 4.79 Å². The van der Waals surface area contributed by atoms with Crippen LogP contribution in [-0.4, -0.2) is 29.4 Å². The second-order valence-electron chi connectivity index (χ2n) is 3.43. The van der Waals surface area contributed by atoms with Crippen molar-refractivity contribution >= 4 is 53.7 Å². The highest BCUT2D eigenvalue weighted by molar-refractivity contribution is 9.15. The van der Waals surface area contributed by atoms with Crippen molar-refractivity contribution < 1.29 is 4.79 Å². The van der Waals surface area contributed by atoms with E-state index in [1.165, 1.54) is 4.90 Å². The number of azo groups is 1. The van der Waals surface area contributed by atoms with Crippen LogP contribution in [0.15, 0.2) is 19.3 Å². The maximum Gasteiger partial charge on any atom is 0.228 e. The summed E-state index contributed by atoms with van der Waals surface area (Å²) in [6.07, 6.45) is 0. The van der Waals surface area contributed by atoms with Crippen molar-refractivity contribution in [1.29, 1.82) is 0 Å². The summed E-state index contributed by atoms with van der Waals surface area (Å²) in [6, 6.07) is 0. The Balaban J connectivity index is 3.00. The minimum atomic E-state index is -0.785. The molecule has 1 aliphatic heterocycles. The van der Waals surface area contributed by atoms with E-state index in [9.17, 15) is 4.79 Å². The molecule has 84 valence electrons. The van der Waals surface area contributed by atoms with E-state index in [0.717, 1.165) is 4.48 Å². The Bertz CT molecular complexity index is 353. The standard InChI is InChI=1S/C8H10Br3N3O/c1-4(7(15)14(2)3)8(11)5(9)6(10)12-13-8/h4H,1-3H3. The Morgan fingerprint density at radius 3 is 2.33 bits per heavy atom. The van der Waals surface area contributed by atoms with E-state index in [4.69, 9.17) is 0 Å². The van der Waals surface area contributed by atoms with Gasteiger partial charge in [0.1, 0.15) is 4.61 Å². The number of carbonyl (C=O) groups is 1. The van der Waals surface area contributed by atoms with Crippen molar-refractivity contribution in [3.63, 3.8) is 0 Å². The predicted molar refractivity (Wildman–Crippen MR) is 69.3 cm³/mol. The zero-order valence-electron chi connectivity index (χ0n) is 8.46. The molecule has 0 radical (unpaired) electrons. The molecule has 0 N–H and O–H groups in total. The number of nitrogens with zero attached hydrogens (tertiary/aromatic N) is 3. The van der Waals surface area contributed by atoms with Gasteiger partial charge in [0.25, 0.3) is 0 Å². The zero-order chi connectivity index (χ0) is 11.8. The lowest BCUT2D eigenvalue weighted by Crippen LogP contribution is -2.39. The van der Waals surface area contributed by atoms with Crippen LogP contribution >= 0.6 is 47.8 Å². The minimum Gasteiger partial charge on any atom is -0.348 e. The Hall–Kier alpha value is 0.250. The molecule has 1 heterocycles. The van der Waals surface area contributed by atoms with Crippen LogP contribution in [0.5, 0.6) is 0 Å². The summed E-state index contributed by atoms with van der Waals surface area (Å²) in [7, 11) is 3.43. The largest absolute Gasteiger partial charge is 0.348 e. The average molecular weight is 404 g/mol. The molecule has 1 amide bonds. The third kappa shape index (κ3) is 2.34. The van der Waals surface area contributed by atoms with Gasteiger partial charge >= 0.3 is 0 Å². The van der Waals surface area contributed by atoms with E-state index >= 15 is 0 Å². The highest BCUT2D eigenvalue weighted by Crippen LogP contribution is 2.48. The molecule has 15 heavy (non-hydrogen) atoms. The zero-order valence-corrected chi connectivity index (χ0v) is 13.2. The number of hydrogen-bond donors (Lipinski definition) is 0. The fourth-order valence-corrected chi connectivity index (χ4v) is 2.79. The van der Waals surface area contributed by atoms with Gasteiger partial charge in [-0.3, -0.25) is 4.79 Å². The summed E-state index contributed by atoms with van der Waals surface area (Å²) in [4.78, 5) is 13.4. The van der Waals surface area contributed by atoms with Crippen molar-refractivity contribution in [3.8, 4) is 0 Å². The first-order valence-corrected chi connectivity index (χ1v) is 6.57. The number of halogens is 3. The second-order valence-corrected chi connectivity index (χ2v) is 6.19. The van der Waals surface area contributed by atoms with Crippen LogP contribution in [0.4, 0.5) is 0 Å². The molecule has 0 aromatic carbocycles. The lowest BCUT2D eigenvalue weighted by Gasteiger charge is -2.27. The summed E-state index contributed by atoms with van der Waals surface area (Å²) in [6.45, 7) is 1.81. The molecule has 0 bridgehead atoms. The SMILES string of the molecule is CC(C(=O)N(C)C)C1(Br)N=NC(Br)=C1Br. The lowest BCUT2D eigenvalue weighted by molar-refractivity contribution is -0.132. The summed E-state index contributed by atoms with van der Waals surface area (Å²) in [5.74, 6) is -0.342. The highest BCUT2D eigenvalue weighted by atomic mass is 79.9. The molecule has 0 aromatic rings. The molecule has 4 nitrogen and oxygen atoms in total. The molecule has 0 spiro atoms. The quantitative estimate of drug-likeness (QED) is 0.515. The molecule has 0 fully saturated rings. The van der Waals surface area contributed by atoms with Crippen molar-refractivity contribution in [2.45, 2.75) is 11.4 Å². The monoisotopic (exact) mass is 401 g/mol. The molecular formula is C8H10Br3N3O. The normalized spacial score (nSPS) is 27.1. The van der Waals surface area contributed by atoms with Crippen LogP contribution in [0, 0.1) is 5.92 Å². The topological polar surface area (TPSA) is 45.0 Å². The molecule has 1 aliphatic rings. The second kappa shape index (κ2) is 4.63. The van der Waals surface area contributed by atoms with E-state index in [-0.39, 0.29) is 11.8 Å². The fraction of sp³-hybridized carbons (Fsp3) is 0.625. The molecule has 7 heteroatoms. The van der Waals surface area contributed by atoms with Crippen LogP contribution in [0.1, 0.15) is 6.92 Å². The lowest BCUT2D eigenvalue weighted by atomic mass is 10.0. The van der Waals surface area contributed by atoms with Gasteiger partial charge in [-0.1, -0.05) is 15.9 Å². The summed E-state index contributed by atoms with van der Waals surface area (Å²) in [5, 5.41) is 7.95. The predicted octanol–water partition coefficient (Wildman–Crippen LogP) is 3.23. The van der Waals surface area contributed by atoms with Crippen molar-refractivity contribution in [3.05, 3.63) is 9.09 Å². The molecular weight excluding hydrogens is 394 g/mol. The van der Waals surface area contributed by atoms with E-state index in [0.29, 0.717) is 4.61 Å². The summed E-state index contributed by atoms with van der Waals surface area (Å²) >= 11 is 10.1. The van der Waals surface area contributed by atoms with Gasteiger partial charge in [0.15, 0.2) is 4.45 Å². The van der Waals surface area contributed by atoms with Gasteiger partial charge in [-0.15, -0.1) is 5.11 Å². The third-order valence-electron chi connectivity index (χ3n) is 2.16. The average Bonchev–Trinajstić information content (AvgIpc) is 2.45. The van der Waals surface area contributed by atoms with Crippen LogP contribution < -0.4 is 0 Å². The Morgan fingerprint density at radius 2 is 2.00 bits per heavy atom. The number of carbonyl (C=O) groups excluding carboxylic acids is 1. The Labute approximate surface area is 114 Å². The Kier molecular flexibility index (Phi) is 4.11. The maximum absolute atomic E-state index is 11.8. The number of amides is 1. The molecule has 0 saturated carbocycles. The first kappa shape index (κ1) is 13.3. The summed E-state index contributed by atoms with van der Waals surface area (Å²) in [5.41, 5.74) is 0. The highest BCUT2D eigenvalue weighted by Gasteiger charge is 2.45. The molecule has 0 saturated heterocycles. The number of alkyl halides is 1. The first-order chi connectivity index (χ1) is 6.80. The van der Waals surface area contributed by atoms with Gasteiger partial charge in [0.05, 0.1) is 10.4 Å². The maximum atomic E-state index is 11.8. The summed E-state index contributed by atoms with van der Waals surface area (Å²) < 4.78 is 0.559. The fourth-order valence-electron chi connectivity index (χ4n) is 1.18. The molecule has 2 unspecified atom stereocenters. The van der Waals surface area contributed by atoms with Crippen LogP contribution in [0.2, 0.25) is 0 Å². The van der Waals surface area contributed by atoms with Crippen molar-refractivity contribution in [1.82, 2.24) is 4.90 Å². The van der Waals surface area contributed by atoms with E-state index in [1.54, 1.807) is 14.1 Å².